The van der Waals surface area contributed by atoms with Crippen LogP contribution in [0.5, 0.6) is 0 Å². The molecule has 3 N–H and O–H groups in total. The van der Waals surface area contributed by atoms with Gasteiger partial charge in [-0.25, -0.2) is 9.97 Å². The van der Waals surface area contributed by atoms with Crippen LogP contribution in [0.25, 0.3) is 0 Å². The molecule has 3 rings (SSSR count). The third-order valence-corrected chi connectivity index (χ3v) is 3.88. The van der Waals surface area contributed by atoms with Gasteiger partial charge in [-0.1, -0.05) is 0 Å². The van der Waals surface area contributed by atoms with Crippen LogP contribution in [0.4, 0.5) is 24.8 Å². The number of carbonyl (C=O) groups excluding carboxylic acids is 1. The summed E-state index contributed by atoms with van der Waals surface area (Å²) in [6, 6.07) is 1.14. The Hall–Kier alpha value is -2.06. The molecule has 1 aromatic rings. The monoisotopic (exact) mass is 301 g/mol. The second kappa shape index (κ2) is 4.74. The van der Waals surface area contributed by atoms with E-state index in [-0.39, 0.29) is 29.5 Å². The van der Waals surface area contributed by atoms with Gasteiger partial charge in [0.25, 0.3) is 0 Å². The number of nitrogen functional groups attached to an aromatic ring is 1. The number of carbonyl (C=O) groups is 1. The molecular formula is C12H14F3N5O. The molecule has 0 radical (unpaired) electrons. The van der Waals surface area contributed by atoms with E-state index < -0.39 is 12.0 Å². The van der Waals surface area contributed by atoms with Crippen LogP contribution in [0.3, 0.4) is 0 Å². The molecule has 2 fully saturated rings. The summed E-state index contributed by atoms with van der Waals surface area (Å²) in [5.41, 5.74) is 5.47. The minimum absolute atomic E-state index is 0.0530. The van der Waals surface area contributed by atoms with Gasteiger partial charge in [0.15, 0.2) is 0 Å². The normalized spacial score (nSPS) is 25.7. The van der Waals surface area contributed by atoms with Crippen molar-refractivity contribution in [3.8, 4) is 0 Å². The van der Waals surface area contributed by atoms with Gasteiger partial charge in [0.2, 0.25) is 11.7 Å². The van der Waals surface area contributed by atoms with Crippen molar-refractivity contribution in [1.29, 1.82) is 0 Å². The van der Waals surface area contributed by atoms with Crippen molar-refractivity contribution in [2.24, 2.45) is 5.92 Å². The fraction of sp³-hybridized carbons (Fsp3) is 0.583. The minimum atomic E-state index is -4.65. The first kappa shape index (κ1) is 13.9. The van der Waals surface area contributed by atoms with Crippen LogP contribution in [0, 0.1) is 5.92 Å². The number of fused-ring (bicyclic) bond motifs is 1. The van der Waals surface area contributed by atoms with Gasteiger partial charge in [0.1, 0.15) is 11.6 Å². The number of hydrogen-bond donors (Lipinski definition) is 2. The van der Waals surface area contributed by atoms with Crippen LogP contribution >= 0.6 is 0 Å². The van der Waals surface area contributed by atoms with Gasteiger partial charge in [-0.2, -0.15) is 13.2 Å². The summed E-state index contributed by atoms with van der Waals surface area (Å²) in [7, 11) is 0. The number of piperidine rings is 1. The summed E-state index contributed by atoms with van der Waals surface area (Å²) in [5, 5.41) is 2.74. The van der Waals surface area contributed by atoms with E-state index in [0.717, 1.165) is 12.8 Å². The lowest BCUT2D eigenvalue weighted by Gasteiger charge is -2.36. The molecule has 2 aliphatic heterocycles. The maximum atomic E-state index is 12.8. The van der Waals surface area contributed by atoms with Gasteiger partial charge in [0, 0.05) is 19.2 Å². The Labute approximate surface area is 118 Å². The molecule has 2 saturated heterocycles. The molecule has 0 saturated carbocycles. The molecule has 0 aliphatic carbocycles. The van der Waals surface area contributed by atoms with Gasteiger partial charge in [0.05, 0.1) is 12.0 Å². The largest absolute Gasteiger partial charge is 0.451 e. The zero-order valence-corrected chi connectivity index (χ0v) is 11.0. The third-order valence-electron chi connectivity index (χ3n) is 3.88. The van der Waals surface area contributed by atoms with Crippen molar-refractivity contribution in [2.75, 3.05) is 23.7 Å². The van der Waals surface area contributed by atoms with Crippen molar-refractivity contribution in [3.63, 3.8) is 0 Å². The Balaban J connectivity index is 1.96. The topological polar surface area (TPSA) is 84.1 Å². The standard InChI is InChI=1S/C12H14F3N5O/c13-12(14,15)11-18-8(16)4-9(19-11)20-3-1-2-6-7(20)5-17-10(6)21/h4,6-7H,1-3,5H2,(H,17,21)(H2,16,18,19). The van der Waals surface area contributed by atoms with Gasteiger partial charge in [-0.3, -0.25) is 4.79 Å². The summed E-state index contributed by atoms with van der Waals surface area (Å²) >= 11 is 0. The van der Waals surface area contributed by atoms with E-state index in [1.165, 1.54) is 6.07 Å². The number of aromatic nitrogens is 2. The van der Waals surface area contributed by atoms with E-state index in [0.29, 0.717) is 13.1 Å². The molecule has 114 valence electrons. The number of anilines is 2. The van der Waals surface area contributed by atoms with Crippen molar-refractivity contribution in [2.45, 2.75) is 25.1 Å². The average Bonchev–Trinajstić information content (AvgIpc) is 2.79. The van der Waals surface area contributed by atoms with E-state index >= 15 is 0 Å². The van der Waals surface area contributed by atoms with Crippen LogP contribution in [0.15, 0.2) is 6.07 Å². The van der Waals surface area contributed by atoms with Crippen LogP contribution in [0.1, 0.15) is 18.7 Å². The Morgan fingerprint density at radius 1 is 1.38 bits per heavy atom. The van der Waals surface area contributed by atoms with E-state index in [1.54, 1.807) is 4.90 Å². The lowest BCUT2D eigenvalue weighted by atomic mass is 9.91. The number of nitrogens with one attached hydrogen (secondary N) is 1. The maximum absolute atomic E-state index is 12.8. The summed E-state index contributed by atoms with van der Waals surface area (Å²) in [5.74, 6) is -1.61. The highest BCUT2D eigenvalue weighted by molar-refractivity contribution is 5.83. The zero-order chi connectivity index (χ0) is 15.2. The highest BCUT2D eigenvalue weighted by Crippen LogP contribution is 2.33. The minimum Gasteiger partial charge on any atom is -0.384 e. The second-order valence-corrected chi connectivity index (χ2v) is 5.23. The van der Waals surface area contributed by atoms with Crippen molar-refractivity contribution >= 4 is 17.5 Å². The molecule has 0 spiro atoms. The van der Waals surface area contributed by atoms with E-state index in [2.05, 4.69) is 15.3 Å². The fourth-order valence-corrected chi connectivity index (χ4v) is 2.96. The van der Waals surface area contributed by atoms with Crippen LogP contribution in [0.2, 0.25) is 0 Å². The summed E-state index contributed by atoms with van der Waals surface area (Å²) in [6.45, 7) is 0.957. The molecule has 9 heteroatoms. The molecule has 2 atom stereocenters. The Bertz CT molecular complexity index is 577. The summed E-state index contributed by atoms with van der Waals surface area (Å²) in [6.07, 6.45) is -3.19. The number of amides is 1. The maximum Gasteiger partial charge on any atom is 0.451 e. The van der Waals surface area contributed by atoms with Crippen LogP contribution in [-0.2, 0) is 11.0 Å². The second-order valence-electron chi connectivity index (χ2n) is 5.23. The van der Waals surface area contributed by atoms with Crippen LogP contribution < -0.4 is 16.0 Å². The first-order chi connectivity index (χ1) is 9.86. The van der Waals surface area contributed by atoms with Crippen molar-refractivity contribution in [1.82, 2.24) is 15.3 Å². The molecule has 0 bridgehead atoms. The summed E-state index contributed by atoms with van der Waals surface area (Å²) in [4.78, 5) is 20.2. The Kier molecular flexibility index (Phi) is 3.14. The first-order valence-electron chi connectivity index (χ1n) is 6.62. The Morgan fingerprint density at radius 3 is 2.86 bits per heavy atom. The predicted molar refractivity (Wildman–Crippen MR) is 68.3 cm³/mol. The third kappa shape index (κ3) is 2.47. The fourth-order valence-electron chi connectivity index (χ4n) is 2.96. The summed E-state index contributed by atoms with van der Waals surface area (Å²) < 4.78 is 38.3. The van der Waals surface area contributed by atoms with Gasteiger partial charge in [-0.05, 0) is 12.8 Å². The van der Waals surface area contributed by atoms with Gasteiger partial charge < -0.3 is 16.0 Å². The molecule has 6 nitrogen and oxygen atoms in total. The number of nitrogens with zero attached hydrogens (tertiary/aromatic N) is 3. The highest BCUT2D eigenvalue weighted by atomic mass is 19.4. The number of nitrogens with two attached hydrogens (primary N) is 1. The lowest BCUT2D eigenvalue weighted by molar-refractivity contribution is -0.144. The molecule has 2 aliphatic rings. The van der Waals surface area contributed by atoms with Gasteiger partial charge in [-0.15, -0.1) is 0 Å². The number of rotatable bonds is 1. The predicted octanol–water partition coefficient (Wildman–Crippen LogP) is 0.792. The molecule has 0 aromatic carbocycles. The molecule has 3 heterocycles. The van der Waals surface area contributed by atoms with E-state index in [9.17, 15) is 18.0 Å². The first-order valence-corrected chi connectivity index (χ1v) is 6.62. The molecule has 1 aromatic heterocycles. The Morgan fingerprint density at radius 2 is 2.14 bits per heavy atom. The van der Waals surface area contributed by atoms with Crippen molar-refractivity contribution < 1.29 is 18.0 Å². The highest BCUT2D eigenvalue weighted by Gasteiger charge is 2.42. The zero-order valence-electron chi connectivity index (χ0n) is 11.0. The molecule has 21 heavy (non-hydrogen) atoms. The number of alkyl halides is 3. The smallest absolute Gasteiger partial charge is 0.384 e. The lowest BCUT2D eigenvalue weighted by Crippen LogP contribution is -2.46. The number of halogens is 3. The van der Waals surface area contributed by atoms with Crippen LogP contribution in [-0.4, -0.2) is 35.0 Å². The van der Waals surface area contributed by atoms with Crippen molar-refractivity contribution in [3.05, 3.63) is 11.9 Å². The average molecular weight is 301 g/mol. The van der Waals surface area contributed by atoms with E-state index in [1.807, 2.05) is 0 Å². The molecular weight excluding hydrogens is 287 g/mol. The SMILES string of the molecule is Nc1cc(N2CCCC3C(=O)NCC32)nc(C(F)(F)F)n1. The molecule has 1 amide bonds. The molecule has 2 unspecified atom stereocenters. The van der Waals surface area contributed by atoms with E-state index in [4.69, 9.17) is 5.73 Å². The quantitative estimate of drug-likeness (QED) is 0.801. The van der Waals surface area contributed by atoms with Gasteiger partial charge >= 0.3 is 6.18 Å². The number of hydrogen-bond acceptors (Lipinski definition) is 5.